The number of aromatic amines is 1. The monoisotopic (exact) mass is 747 g/mol. The first-order valence-electron chi connectivity index (χ1n) is 18.3. The van der Waals surface area contributed by atoms with Crippen molar-refractivity contribution in [2.45, 2.75) is 109 Å². The molecule has 290 valence electrons. The Kier molecular flexibility index (Phi) is 22.2. The molecule has 0 amide bonds. The number of Topliss-reactive ketones (excluding diaryl/α,β-unsaturated/α-hetero) is 1. The molecule has 11 nitrogen and oxygen atoms in total. The van der Waals surface area contributed by atoms with E-state index in [1.54, 1.807) is 0 Å². The maximum atomic E-state index is 15.4. The van der Waals surface area contributed by atoms with Crippen LogP contribution in [0.5, 0.6) is 0 Å². The van der Waals surface area contributed by atoms with E-state index in [-0.39, 0.29) is 11.9 Å². The van der Waals surface area contributed by atoms with Crippen molar-refractivity contribution in [2.75, 3.05) is 33.0 Å². The van der Waals surface area contributed by atoms with E-state index in [4.69, 9.17) is 13.8 Å². The van der Waals surface area contributed by atoms with E-state index in [1.165, 1.54) is 7.11 Å². The summed E-state index contributed by atoms with van der Waals surface area (Å²) >= 11 is 0. The number of halogens is 1. The predicted molar refractivity (Wildman–Crippen MR) is 205 cm³/mol. The fourth-order valence-corrected chi connectivity index (χ4v) is 6.64. The van der Waals surface area contributed by atoms with Crippen molar-refractivity contribution in [2.24, 2.45) is 0 Å². The van der Waals surface area contributed by atoms with Crippen molar-refractivity contribution in [3.8, 4) is 0 Å². The highest BCUT2D eigenvalue weighted by Gasteiger charge is 2.55. The van der Waals surface area contributed by atoms with Crippen LogP contribution in [0.4, 0.5) is 4.39 Å². The van der Waals surface area contributed by atoms with Crippen LogP contribution in [0, 0.1) is 0 Å². The predicted octanol–water partition coefficient (Wildman–Crippen LogP) is 7.19. The largest absolute Gasteiger partial charge is 0.387 e. The van der Waals surface area contributed by atoms with E-state index in [1.807, 2.05) is 11.1 Å². The van der Waals surface area contributed by atoms with Crippen LogP contribution in [-0.2, 0) is 23.1 Å². The highest BCUT2D eigenvalue weighted by atomic mass is 31.2. The Hall–Kier alpha value is -3.25. The molecule has 0 spiro atoms. The lowest BCUT2D eigenvalue weighted by Gasteiger charge is -2.24. The van der Waals surface area contributed by atoms with Gasteiger partial charge in [-0.1, -0.05) is 79.8 Å². The third kappa shape index (κ3) is 17.5. The van der Waals surface area contributed by atoms with Crippen molar-refractivity contribution < 1.29 is 32.6 Å². The number of ketones is 1. The fraction of sp³-hybridized carbons (Fsp3) is 0.564. The van der Waals surface area contributed by atoms with Gasteiger partial charge < -0.3 is 24.2 Å². The molecule has 1 fully saturated rings. The lowest BCUT2D eigenvalue weighted by molar-refractivity contribution is -0.119. The van der Waals surface area contributed by atoms with E-state index >= 15 is 4.39 Å². The van der Waals surface area contributed by atoms with E-state index < -0.39 is 49.6 Å². The highest BCUT2D eigenvalue weighted by molar-refractivity contribution is 7.53. The number of aromatic nitrogens is 2. The minimum atomic E-state index is -3.58. The normalized spacial score (nSPS) is 22.4. The number of alkyl halides is 1. The zero-order valence-corrected chi connectivity index (χ0v) is 31.9. The summed E-state index contributed by atoms with van der Waals surface area (Å²) in [4.78, 5) is 37.8. The Morgan fingerprint density at radius 1 is 0.962 bits per heavy atom. The third-order valence-corrected chi connectivity index (χ3v) is 10.3. The summed E-state index contributed by atoms with van der Waals surface area (Å²) in [6.07, 6.45) is 31.2. The van der Waals surface area contributed by atoms with Gasteiger partial charge in [-0.3, -0.25) is 23.7 Å². The standard InChI is InChI=1S/C39H59FN3O8P/c1-4-5-6-7-8-9-10-11-12-13-14-15-16-17-18-19-20-21-22-25-33(44)26-23-28-41-29-24-31-52(48,49-3)50-32-34-36(46)39(2,40)37(51-34)43-30-27-35(45)42-38(43)47/h5-6,8-9,11-12,14-15,17-18,20-21,27,30,34,36-37,41,46H,4,7,10,13,16,19,22-26,28-29,31-32H2,1-3H3,(H,42,45,47)/b6-5-,9-8-,12-11-,15-14-,18-17-,21-20-/t34-,36-,37-,39-,52?/m1/s1. The Balaban J connectivity index is 1.51. The van der Waals surface area contributed by atoms with Gasteiger partial charge in [0.05, 0.1) is 12.8 Å². The number of nitrogens with one attached hydrogen (secondary N) is 2. The first-order valence-corrected chi connectivity index (χ1v) is 20.0. The van der Waals surface area contributed by atoms with Crippen LogP contribution < -0.4 is 16.6 Å². The molecule has 52 heavy (non-hydrogen) atoms. The second kappa shape index (κ2) is 25.7. The minimum Gasteiger partial charge on any atom is -0.387 e. The number of carbonyl (C=O) groups excluding carboxylic acids is 1. The van der Waals surface area contributed by atoms with Crippen molar-refractivity contribution in [3.63, 3.8) is 0 Å². The molecule has 2 heterocycles. The van der Waals surface area contributed by atoms with E-state index in [2.05, 4.69) is 79.1 Å². The van der Waals surface area contributed by atoms with Crippen LogP contribution in [0.2, 0.25) is 0 Å². The lowest BCUT2D eigenvalue weighted by atomic mass is 9.98. The van der Waals surface area contributed by atoms with E-state index in [0.29, 0.717) is 38.8 Å². The second-order valence-electron chi connectivity index (χ2n) is 12.7. The smallest absolute Gasteiger partial charge is 0.330 e. The molecule has 1 aromatic heterocycles. The number of carbonyl (C=O) groups is 1. The maximum Gasteiger partial charge on any atom is 0.330 e. The summed E-state index contributed by atoms with van der Waals surface area (Å²) < 4.78 is 45.5. The fourth-order valence-electron chi connectivity index (χ4n) is 5.30. The number of hydrogen-bond acceptors (Lipinski definition) is 9. The Morgan fingerprint density at radius 2 is 1.52 bits per heavy atom. The maximum absolute atomic E-state index is 15.4. The number of rotatable bonds is 27. The van der Waals surface area contributed by atoms with Gasteiger partial charge in [0.15, 0.2) is 11.9 Å². The molecule has 0 bridgehead atoms. The molecule has 1 aliphatic heterocycles. The SMILES string of the molecule is CC/C=C\C/C=C\C/C=C\C/C=C\C/C=C\C/C=C\CCC(=O)CCCNCCCP(=O)(OC)OC[C@H]1O[C@@H](n2ccc(=O)[nH]c2=O)[C@](C)(F)[C@@H]1O. The van der Waals surface area contributed by atoms with Crippen LogP contribution in [-0.4, -0.2) is 71.3 Å². The second-order valence-corrected chi connectivity index (χ2v) is 14.9. The molecular weight excluding hydrogens is 688 g/mol. The van der Waals surface area contributed by atoms with Crippen LogP contribution in [0.1, 0.15) is 90.7 Å². The van der Waals surface area contributed by atoms with E-state index in [9.17, 15) is 24.1 Å². The Bertz CT molecular complexity index is 1530. The van der Waals surface area contributed by atoms with Gasteiger partial charge in [-0.05, 0) is 77.8 Å². The Labute approximate surface area is 308 Å². The number of nitrogens with zero attached hydrogens (tertiary/aromatic N) is 1. The third-order valence-electron chi connectivity index (χ3n) is 8.32. The average molecular weight is 748 g/mol. The zero-order valence-electron chi connectivity index (χ0n) is 31.0. The summed E-state index contributed by atoms with van der Waals surface area (Å²) in [6, 6.07) is 1.04. The van der Waals surface area contributed by atoms with Crippen molar-refractivity contribution in [1.82, 2.24) is 14.9 Å². The lowest BCUT2D eigenvalue weighted by Crippen LogP contribution is -2.43. The van der Waals surface area contributed by atoms with E-state index in [0.717, 1.165) is 68.7 Å². The van der Waals surface area contributed by atoms with Gasteiger partial charge >= 0.3 is 13.3 Å². The van der Waals surface area contributed by atoms with Crippen LogP contribution in [0.15, 0.2) is 94.8 Å². The molecule has 1 unspecified atom stereocenters. The van der Waals surface area contributed by atoms with Crippen molar-refractivity contribution >= 4 is 13.4 Å². The number of aliphatic hydroxyl groups excluding tert-OH is 1. The molecule has 0 aromatic carbocycles. The highest BCUT2D eigenvalue weighted by Crippen LogP contribution is 2.49. The molecule has 3 N–H and O–H groups in total. The molecule has 1 saturated heterocycles. The topological polar surface area (TPSA) is 149 Å². The summed E-state index contributed by atoms with van der Waals surface area (Å²) in [5.41, 5.74) is -3.94. The first kappa shape index (κ1) is 44.9. The van der Waals surface area contributed by atoms with Gasteiger partial charge in [0, 0.05) is 32.2 Å². The molecular formula is C39H59FN3O8P. The number of aliphatic hydroxyl groups is 1. The minimum absolute atomic E-state index is 0.0693. The molecule has 1 aliphatic rings. The quantitative estimate of drug-likeness (QED) is 0.0483. The van der Waals surface area contributed by atoms with Crippen molar-refractivity contribution in [3.05, 3.63) is 106 Å². The number of ether oxygens (including phenoxy) is 1. The van der Waals surface area contributed by atoms with Crippen LogP contribution in [0.25, 0.3) is 0 Å². The van der Waals surface area contributed by atoms with Gasteiger partial charge in [0.2, 0.25) is 0 Å². The number of allylic oxidation sites excluding steroid dienone is 12. The van der Waals surface area contributed by atoms with Gasteiger partial charge in [0.25, 0.3) is 5.56 Å². The molecule has 0 radical (unpaired) electrons. The molecule has 2 rings (SSSR count). The zero-order chi connectivity index (χ0) is 38.1. The van der Waals surface area contributed by atoms with Gasteiger partial charge in [-0.25, -0.2) is 9.18 Å². The number of hydrogen-bond donors (Lipinski definition) is 3. The van der Waals surface area contributed by atoms with Crippen molar-refractivity contribution in [1.29, 1.82) is 0 Å². The molecule has 13 heteroatoms. The van der Waals surface area contributed by atoms with Gasteiger partial charge in [-0.2, -0.15) is 0 Å². The van der Waals surface area contributed by atoms with Crippen LogP contribution in [0.3, 0.4) is 0 Å². The summed E-state index contributed by atoms with van der Waals surface area (Å²) in [5, 5.41) is 13.7. The van der Waals surface area contributed by atoms with Gasteiger partial charge in [0.1, 0.15) is 18.0 Å². The average Bonchev–Trinajstić information content (AvgIpc) is 3.34. The van der Waals surface area contributed by atoms with Gasteiger partial charge in [-0.15, -0.1) is 0 Å². The summed E-state index contributed by atoms with van der Waals surface area (Å²) in [7, 11) is -2.34. The first-order chi connectivity index (χ1) is 25.0. The molecule has 5 atom stereocenters. The molecule has 0 aliphatic carbocycles. The molecule has 0 saturated carbocycles. The summed E-state index contributed by atoms with van der Waals surface area (Å²) in [6.45, 7) is 3.93. The van der Waals surface area contributed by atoms with Crippen LogP contribution >= 0.6 is 7.60 Å². The number of H-pyrrole nitrogens is 1. The summed E-state index contributed by atoms with van der Waals surface area (Å²) in [5.74, 6) is 0.215. The molecule has 1 aromatic rings. The Morgan fingerprint density at radius 3 is 2.08 bits per heavy atom.